The van der Waals surface area contributed by atoms with Crippen LogP contribution in [0.25, 0.3) is 0 Å². The molecule has 110 valence electrons. The number of ether oxygens (including phenoxy) is 1. The third kappa shape index (κ3) is 6.67. The fraction of sp³-hybridized carbons (Fsp3) is 0.385. The smallest absolute Gasteiger partial charge is 0.387 e. The Bertz CT molecular complexity index is 448. The van der Waals surface area contributed by atoms with Crippen molar-refractivity contribution in [1.82, 2.24) is 5.32 Å². The molecule has 0 aromatic heterocycles. The molecule has 0 aliphatic heterocycles. The van der Waals surface area contributed by atoms with Crippen LogP contribution in [0.1, 0.15) is 18.4 Å². The fourth-order valence-electron chi connectivity index (χ4n) is 1.49. The van der Waals surface area contributed by atoms with E-state index in [1.807, 2.05) is 0 Å². The molecular weight excluding hydrogens is 272 g/mol. The van der Waals surface area contributed by atoms with E-state index >= 15 is 0 Å². The number of amides is 1. The molecule has 5 nitrogen and oxygen atoms in total. The van der Waals surface area contributed by atoms with Crippen LogP contribution in [0, 0.1) is 0 Å². The maximum absolute atomic E-state index is 11.9. The first-order chi connectivity index (χ1) is 9.47. The number of halogens is 2. The van der Waals surface area contributed by atoms with Gasteiger partial charge in [-0.15, -0.1) is 0 Å². The van der Waals surface area contributed by atoms with Gasteiger partial charge in [0.25, 0.3) is 0 Å². The van der Waals surface area contributed by atoms with Gasteiger partial charge in [0.05, 0.1) is 6.42 Å². The van der Waals surface area contributed by atoms with Crippen LogP contribution in [0.5, 0.6) is 5.75 Å². The maximum Gasteiger partial charge on any atom is 0.387 e. The number of carboxylic acids is 1. The minimum absolute atomic E-state index is 0.0645. The van der Waals surface area contributed by atoms with Crippen LogP contribution in [-0.2, 0) is 16.0 Å². The van der Waals surface area contributed by atoms with Crippen molar-refractivity contribution in [3.63, 3.8) is 0 Å². The van der Waals surface area contributed by atoms with Crippen molar-refractivity contribution in [2.45, 2.75) is 25.9 Å². The predicted octanol–water partition coefficient (Wildman–Crippen LogP) is 1.81. The van der Waals surface area contributed by atoms with Gasteiger partial charge in [0.1, 0.15) is 5.75 Å². The van der Waals surface area contributed by atoms with E-state index in [1.54, 1.807) is 12.1 Å². The summed E-state index contributed by atoms with van der Waals surface area (Å²) >= 11 is 0. The molecule has 0 spiro atoms. The summed E-state index contributed by atoms with van der Waals surface area (Å²) in [5.41, 5.74) is 0.806. The number of hydrogen-bond acceptors (Lipinski definition) is 3. The molecule has 0 aliphatic carbocycles. The normalized spacial score (nSPS) is 10.3. The molecule has 0 atom stereocenters. The standard InChI is InChI=1S/C13H15F2NO4/c14-13(15)20-10-4-1-9(2-5-10)3-6-11(17)16-8-7-12(18)19/h1-2,4-5,13H,3,6-8H2,(H,16,17)(H,18,19). The van der Waals surface area contributed by atoms with E-state index in [2.05, 4.69) is 10.1 Å². The van der Waals surface area contributed by atoms with Crippen LogP contribution in [-0.4, -0.2) is 30.1 Å². The quantitative estimate of drug-likeness (QED) is 0.764. The number of hydrogen-bond donors (Lipinski definition) is 2. The van der Waals surface area contributed by atoms with E-state index in [9.17, 15) is 18.4 Å². The second kappa shape index (κ2) is 8.08. The van der Waals surface area contributed by atoms with E-state index in [0.717, 1.165) is 5.56 Å². The van der Waals surface area contributed by atoms with Crippen molar-refractivity contribution in [2.75, 3.05) is 6.54 Å². The van der Waals surface area contributed by atoms with Gasteiger partial charge in [-0.1, -0.05) is 12.1 Å². The van der Waals surface area contributed by atoms with E-state index in [-0.39, 0.29) is 31.0 Å². The Hall–Kier alpha value is -2.18. The maximum atomic E-state index is 11.9. The summed E-state index contributed by atoms with van der Waals surface area (Å²) in [5, 5.41) is 10.9. The number of nitrogens with one attached hydrogen (secondary N) is 1. The van der Waals surface area contributed by atoms with Gasteiger partial charge in [-0.25, -0.2) is 0 Å². The topological polar surface area (TPSA) is 75.6 Å². The lowest BCUT2D eigenvalue weighted by Crippen LogP contribution is -2.26. The van der Waals surface area contributed by atoms with Crippen LogP contribution in [0.3, 0.4) is 0 Å². The van der Waals surface area contributed by atoms with Gasteiger partial charge < -0.3 is 15.2 Å². The van der Waals surface area contributed by atoms with Gasteiger partial charge in [-0.3, -0.25) is 9.59 Å². The van der Waals surface area contributed by atoms with Crippen molar-refractivity contribution in [3.8, 4) is 5.75 Å². The molecule has 0 saturated heterocycles. The van der Waals surface area contributed by atoms with Gasteiger partial charge in [0.15, 0.2) is 0 Å². The molecule has 1 amide bonds. The lowest BCUT2D eigenvalue weighted by Gasteiger charge is -2.06. The number of carboxylic acid groups (broad SMARTS) is 1. The second-order valence-corrected chi connectivity index (χ2v) is 4.02. The van der Waals surface area contributed by atoms with Crippen LogP contribution < -0.4 is 10.1 Å². The Kier molecular flexibility index (Phi) is 6.42. The number of benzene rings is 1. The lowest BCUT2D eigenvalue weighted by atomic mass is 10.1. The third-order valence-electron chi connectivity index (χ3n) is 2.45. The molecule has 0 fully saturated rings. The van der Waals surface area contributed by atoms with Gasteiger partial charge in [-0.05, 0) is 24.1 Å². The first-order valence-corrected chi connectivity index (χ1v) is 5.99. The van der Waals surface area contributed by atoms with Crippen molar-refractivity contribution in [2.24, 2.45) is 0 Å². The largest absolute Gasteiger partial charge is 0.481 e. The SMILES string of the molecule is O=C(O)CCNC(=O)CCc1ccc(OC(F)F)cc1. The molecule has 0 radical (unpaired) electrons. The molecule has 0 heterocycles. The van der Waals surface area contributed by atoms with Crippen LogP contribution in [0.2, 0.25) is 0 Å². The number of carbonyl (C=O) groups excluding carboxylic acids is 1. The lowest BCUT2D eigenvalue weighted by molar-refractivity contribution is -0.136. The van der Waals surface area contributed by atoms with Crippen molar-refractivity contribution in [3.05, 3.63) is 29.8 Å². The Balaban J connectivity index is 2.30. The molecule has 1 aromatic carbocycles. The molecule has 0 saturated carbocycles. The fourth-order valence-corrected chi connectivity index (χ4v) is 1.49. The molecule has 7 heteroatoms. The zero-order valence-corrected chi connectivity index (χ0v) is 10.6. The van der Waals surface area contributed by atoms with E-state index in [1.165, 1.54) is 12.1 Å². The summed E-state index contributed by atoms with van der Waals surface area (Å²) in [6.45, 7) is -2.77. The van der Waals surface area contributed by atoms with Crippen molar-refractivity contribution < 1.29 is 28.2 Å². The zero-order chi connectivity index (χ0) is 15.0. The molecule has 1 rings (SSSR count). The highest BCUT2D eigenvalue weighted by atomic mass is 19.3. The van der Waals surface area contributed by atoms with Crippen LogP contribution >= 0.6 is 0 Å². The van der Waals surface area contributed by atoms with E-state index in [0.29, 0.717) is 6.42 Å². The summed E-state index contributed by atoms with van der Waals surface area (Å²) < 4.78 is 28.1. The summed E-state index contributed by atoms with van der Waals surface area (Å²) in [6.07, 6.45) is 0.522. The predicted molar refractivity (Wildman–Crippen MR) is 66.7 cm³/mol. The highest BCUT2D eigenvalue weighted by molar-refractivity contribution is 5.77. The van der Waals surface area contributed by atoms with Gasteiger partial charge in [0.2, 0.25) is 5.91 Å². The molecule has 0 unspecified atom stereocenters. The minimum atomic E-state index is -2.86. The Labute approximate surface area is 114 Å². The average Bonchev–Trinajstić information content (AvgIpc) is 2.37. The van der Waals surface area contributed by atoms with Crippen LogP contribution in [0.15, 0.2) is 24.3 Å². The number of aryl methyl sites for hydroxylation is 1. The molecule has 2 N–H and O–H groups in total. The summed E-state index contributed by atoms with van der Waals surface area (Å²) in [4.78, 5) is 21.6. The second-order valence-electron chi connectivity index (χ2n) is 4.02. The third-order valence-corrected chi connectivity index (χ3v) is 2.45. The number of alkyl halides is 2. The molecule has 20 heavy (non-hydrogen) atoms. The minimum Gasteiger partial charge on any atom is -0.481 e. The van der Waals surface area contributed by atoms with Crippen LogP contribution in [0.4, 0.5) is 8.78 Å². The Morgan fingerprint density at radius 1 is 1.20 bits per heavy atom. The number of aliphatic carboxylic acids is 1. The van der Waals surface area contributed by atoms with Gasteiger partial charge in [0, 0.05) is 13.0 Å². The van der Waals surface area contributed by atoms with Gasteiger partial charge >= 0.3 is 12.6 Å². The van der Waals surface area contributed by atoms with E-state index < -0.39 is 12.6 Å². The molecule has 1 aromatic rings. The Morgan fingerprint density at radius 3 is 2.40 bits per heavy atom. The van der Waals surface area contributed by atoms with Crippen molar-refractivity contribution in [1.29, 1.82) is 0 Å². The first kappa shape index (κ1) is 15.9. The summed E-state index contributed by atoms with van der Waals surface area (Å²) in [6, 6.07) is 6.01. The average molecular weight is 287 g/mol. The highest BCUT2D eigenvalue weighted by Gasteiger charge is 2.06. The Morgan fingerprint density at radius 2 is 1.85 bits per heavy atom. The zero-order valence-electron chi connectivity index (χ0n) is 10.6. The van der Waals surface area contributed by atoms with E-state index in [4.69, 9.17) is 5.11 Å². The molecular formula is C13H15F2NO4. The summed E-state index contributed by atoms with van der Waals surface area (Å²) in [7, 11) is 0. The molecule has 0 aliphatic rings. The monoisotopic (exact) mass is 287 g/mol. The number of carbonyl (C=O) groups is 2. The first-order valence-electron chi connectivity index (χ1n) is 5.99. The highest BCUT2D eigenvalue weighted by Crippen LogP contribution is 2.15. The number of rotatable bonds is 8. The summed E-state index contributed by atoms with van der Waals surface area (Å²) in [5.74, 6) is -1.16. The van der Waals surface area contributed by atoms with Crippen molar-refractivity contribution >= 4 is 11.9 Å². The van der Waals surface area contributed by atoms with Gasteiger partial charge in [-0.2, -0.15) is 8.78 Å². The molecule has 0 bridgehead atoms.